The fourth-order valence-electron chi connectivity index (χ4n) is 3.29. The van der Waals surface area contributed by atoms with E-state index < -0.39 is 20.7 Å². The van der Waals surface area contributed by atoms with Gasteiger partial charge in [-0.15, -0.1) is 0 Å². The van der Waals surface area contributed by atoms with Crippen LogP contribution >= 0.6 is 0 Å². The summed E-state index contributed by atoms with van der Waals surface area (Å²) in [5, 5.41) is 2.59. The number of hydrogen-bond donors (Lipinski definition) is 1. The molecule has 1 aliphatic heterocycles. The van der Waals surface area contributed by atoms with Gasteiger partial charge in [0.15, 0.2) is 9.84 Å². The van der Waals surface area contributed by atoms with Crippen LogP contribution in [0.15, 0.2) is 29.2 Å². The second kappa shape index (κ2) is 6.72. The lowest BCUT2D eigenvalue weighted by atomic mass is 9.94. The zero-order valence-corrected chi connectivity index (χ0v) is 16.7. The van der Waals surface area contributed by atoms with Gasteiger partial charge in [-0.05, 0) is 65.7 Å². The molecule has 1 fully saturated rings. The highest BCUT2D eigenvalue weighted by Gasteiger charge is 2.46. The lowest BCUT2D eigenvalue weighted by Gasteiger charge is -2.27. The van der Waals surface area contributed by atoms with E-state index in [1.54, 1.807) is 38.1 Å². The Balaban J connectivity index is 2.02. The molecule has 1 aromatic rings. The second-order valence-electron chi connectivity index (χ2n) is 8.20. The van der Waals surface area contributed by atoms with Crippen LogP contribution in [0.4, 0.5) is 0 Å². The number of nitrogens with one attached hydrogen (secondary N) is 1. The summed E-state index contributed by atoms with van der Waals surface area (Å²) in [4.78, 5) is 12.7. The SMILES string of the molecule is CC(C)S(=O)(=O)c1ccc(CC(=O)NC2CC(C)(C)OC2(C)C)cc1. The van der Waals surface area contributed by atoms with Crippen molar-refractivity contribution in [1.29, 1.82) is 0 Å². The van der Waals surface area contributed by atoms with Crippen molar-refractivity contribution in [2.45, 2.75) is 81.8 Å². The summed E-state index contributed by atoms with van der Waals surface area (Å²) in [5.74, 6) is -0.0844. The average molecular weight is 368 g/mol. The third kappa shape index (κ3) is 4.61. The quantitative estimate of drug-likeness (QED) is 0.868. The van der Waals surface area contributed by atoms with E-state index in [4.69, 9.17) is 4.74 Å². The number of hydrogen-bond acceptors (Lipinski definition) is 4. The standard InChI is InChI=1S/C19H29NO4S/c1-13(2)25(22,23)15-9-7-14(8-10-15)11-17(21)20-16-12-18(3,4)24-19(16,5)6/h7-10,13,16H,11-12H2,1-6H3,(H,20,21). The van der Waals surface area contributed by atoms with Crippen molar-refractivity contribution in [2.75, 3.05) is 0 Å². The Labute approximate surface area is 151 Å². The molecular weight excluding hydrogens is 338 g/mol. The topological polar surface area (TPSA) is 72.5 Å². The van der Waals surface area contributed by atoms with Gasteiger partial charge >= 0.3 is 0 Å². The molecule has 1 saturated heterocycles. The third-order valence-electron chi connectivity index (χ3n) is 4.65. The normalized spacial score (nSPS) is 22.1. The van der Waals surface area contributed by atoms with E-state index in [2.05, 4.69) is 5.32 Å². The van der Waals surface area contributed by atoms with Gasteiger partial charge < -0.3 is 10.1 Å². The Kier molecular flexibility index (Phi) is 5.36. The van der Waals surface area contributed by atoms with Gasteiger partial charge in [-0.1, -0.05) is 12.1 Å². The van der Waals surface area contributed by atoms with Crippen LogP contribution < -0.4 is 5.32 Å². The maximum absolute atomic E-state index is 12.4. The molecule has 0 spiro atoms. The van der Waals surface area contributed by atoms with E-state index in [1.807, 2.05) is 27.7 Å². The molecule has 1 atom stereocenters. The van der Waals surface area contributed by atoms with Gasteiger partial charge in [-0.2, -0.15) is 0 Å². The van der Waals surface area contributed by atoms with Crippen molar-refractivity contribution < 1.29 is 17.9 Å². The van der Waals surface area contributed by atoms with Gasteiger partial charge in [0.25, 0.3) is 0 Å². The fourth-order valence-corrected chi connectivity index (χ4v) is 4.35. The molecule has 1 aliphatic rings. The van der Waals surface area contributed by atoms with Crippen LogP contribution in [0.2, 0.25) is 0 Å². The molecule has 1 aromatic carbocycles. The summed E-state index contributed by atoms with van der Waals surface area (Å²) < 4.78 is 30.3. The third-order valence-corrected chi connectivity index (χ3v) is 6.82. The highest BCUT2D eigenvalue weighted by molar-refractivity contribution is 7.92. The first-order valence-electron chi connectivity index (χ1n) is 8.66. The van der Waals surface area contributed by atoms with Gasteiger partial charge in [0.05, 0.1) is 33.8 Å². The number of carbonyl (C=O) groups excluding carboxylic acids is 1. The van der Waals surface area contributed by atoms with Crippen molar-refractivity contribution >= 4 is 15.7 Å². The molecule has 140 valence electrons. The van der Waals surface area contributed by atoms with Gasteiger partial charge in [0, 0.05) is 0 Å². The van der Waals surface area contributed by atoms with Crippen molar-refractivity contribution in [3.63, 3.8) is 0 Å². The van der Waals surface area contributed by atoms with Crippen LogP contribution in [0.3, 0.4) is 0 Å². The van der Waals surface area contributed by atoms with Crippen LogP contribution in [0, 0.1) is 0 Å². The number of amides is 1. The fraction of sp³-hybridized carbons (Fsp3) is 0.632. The molecule has 2 rings (SSSR count). The number of benzene rings is 1. The minimum absolute atomic E-state index is 0.0457. The van der Waals surface area contributed by atoms with E-state index in [0.29, 0.717) is 4.90 Å². The van der Waals surface area contributed by atoms with E-state index in [1.165, 1.54) is 0 Å². The summed E-state index contributed by atoms with van der Waals surface area (Å²) in [6, 6.07) is 6.51. The zero-order valence-electron chi connectivity index (χ0n) is 15.9. The molecule has 1 heterocycles. The minimum Gasteiger partial charge on any atom is -0.367 e. The molecule has 1 N–H and O–H groups in total. The molecular formula is C19H29NO4S. The predicted molar refractivity (Wildman–Crippen MR) is 98.3 cm³/mol. The van der Waals surface area contributed by atoms with Crippen LogP contribution in [0.1, 0.15) is 53.5 Å². The van der Waals surface area contributed by atoms with E-state index in [9.17, 15) is 13.2 Å². The highest BCUT2D eigenvalue weighted by Crippen LogP contribution is 2.37. The first kappa shape index (κ1) is 19.9. The molecule has 1 unspecified atom stereocenters. The van der Waals surface area contributed by atoms with Crippen molar-refractivity contribution in [2.24, 2.45) is 0 Å². The molecule has 1 amide bonds. The molecule has 25 heavy (non-hydrogen) atoms. The molecule has 0 saturated carbocycles. The molecule has 5 nitrogen and oxygen atoms in total. The number of ether oxygens (including phenoxy) is 1. The Morgan fingerprint density at radius 3 is 2.20 bits per heavy atom. The van der Waals surface area contributed by atoms with Gasteiger partial charge in [-0.25, -0.2) is 8.42 Å². The smallest absolute Gasteiger partial charge is 0.224 e. The number of carbonyl (C=O) groups is 1. The van der Waals surface area contributed by atoms with E-state index in [-0.39, 0.29) is 24.0 Å². The van der Waals surface area contributed by atoms with Gasteiger partial charge in [0.1, 0.15) is 0 Å². The zero-order chi connectivity index (χ0) is 19.0. The first-order chi connectivity index (χ1) is 11.3. The number of sulfone groups is 1. The van der Waals surface area contributed by atoms with Crippen LogP contribution in [-0.2, 0) is 25.8 Å². The molecule has 6 heteroatoms. The van der Waals surface area contributed by atoms with Crippen LogP contribution in [-0.4, -0.2) is 36.8 Å². The summed E-state index contributed by atoms with van der Waals surface area (Å²) in [5.41, 5.74) is 0.124. The van der Waals surface area contributed by atoms with Crippen molar-refractivity contribution in [3.05, 3.63) is 29.8 Å². The highest BCUT2D eigenvalue weighted by atomic mass is 32.2. The Morgan fingerprint density at radius 1 is 1.20 bits per heavy atom. The van der Waals surface area contributed by atoms with Crippen LogP contribution in [0.5, 0.6) is 0 Å². The average Bonchev–Trinajstić information content (AvgIpc) is 2.66. The largest absolute Gasteiger partial charge is 0.367 e. The first-order valence-corrected chi connectivity index (χ1v) is 10.2. The summed E-state index contributed by atoms with van der Waals surface area (Å²) in [6.45, 7) is 11.3. The summed E-state index contributed by atoms with van der Waals surface area (Å²) in [6.07, 6.45) is 0.978. The van der Waals surface area contributed by atoms with Crippen molar-refractivity contribution in [1.82, 2.24) is 5.32 Å². The molecule has 0 bridgehead atoms. The van der Waals surface area contributed by atoms with Gasteiger partial charge in [0.2, 0.25) is 5.91 Å². The Bertz CT molecular complexity index is 733. The van der Waals surface area contributed by atoms with E-state index in [0.717, 1.165) is 12.0 Å². The lowest BCUT2D eigenvalue weighted by molar-refractivity contribution is -0.123. The number of rotatable bonds is 5. The lowest BCUT2D eigenvalue weighted by Crippen LogP contribution is -2.46. The monoisotopic (exact) mass is 367 g/mol. The Hall–Kier alpha value is -1.40. The molecule has 0 aliphatic carbocycles. The Morgan fingerprint density at radius 2 is 1.76 bits per heavy atom. The second-order valence-corrected chi connectivity index (χ2v) is 10.7. The van der Waals surface area contributed by atoms with Crippen LogP contribution in [0.25, 0.3) is 0 Å². The maximum atomic E-state index is 12.4. The summed E-state index contributed by atoms with van der Waals surface area (Å²) in [7, 11) is -3.29. The molecule has 0 radical (unpaired) electrons. The maximum Gasteiger partial charge on any atom is 0.224 e. The minimum atomic E-state index is -3.29. The summed E-state index contributed by atoms with van der Waals surface area (Å²) >= 11 is 0. The predicted octanol–water partition coefficient (Wildman–Crippen LogP) is 2.87. The van der Waals surface area contributed by atoms with Gasteiger partial charge in [-0.3, -0.25) is 4.79 Å². The van der Waals surface area contributed by atoms with Crippen molar-refractivity contribution in [3.8, 4) is 0 Å². The molecule has 0 aromatic heterocycles. The van der Waals surface area contributed by atoms with E-state index >= 15 is 0 Å².